The Hall–Kier alpha value is -1.68. The molecule has 2 nitrogen and oxygen atoms in total. The molecule has 4 heteroatoms. The molecule has 0 bridgehead atoms. The van der Waals surface area contributed by atoms with Crippen LogP contribution in [-0.2, 0) is 0 Å². The van der Waals surface area contributed by atoms with E-state index in [-0.39, 0.29) is 5.82 Å². The van der Waals surface area contributed by atoms with Gasteiger partial charge in [0.2, 0.25) is 0 Å². The van der Waals surface area contributed by atoms with Gasteiger partial charge in [0.15, 0.2) is 0 Å². The maximum atomic E-state index is 13.1. The highest BCUT2D eigenvalue weighted by atomic mass is 79.9. The van der Waals surface area contributed by atoms with Crippen molar-refractivity contribution in [3.05, 3.63) is 59.1 Å². The van der Waals surface area contributed by atoms with E-state index in [2.05, 4.69) is 20.9 Å². The Labute approximate surface area is 106 Å². The summed E-state index contributed by atoms with van der Waals surface area (Å²) in [6.45, 7) is 0. The molecule has 3 aromatic rings. The van der Waals surface area contributed by atoms with Crippen LogP contribution < -0.4 is 0 Å². The third kappa shape index (κ3) is 1.96. The van der Waals surface area contributed by atoms with Crippen LogP contribution in [0.3, 0.4) is 0 Å². The van der Waals surface area contributed by atoms with E-state index < -0.39 is 0 Å². The highest BCUT2D eigenvalue weighted by Crippen LogP contribution is 2.22. The molecule has 0 aliphatic carbocycles. The monoisotopic (exact) mass is 290 g/mol. The molecule has 0 fully saturated rings. The average Bonchev–Trinajstić information content (AvgIpc) is 2.72. The van der Waals surface area contributed by atoms with Crippen molar-refractivity contribution in [1.29, 1.82) is 0 Å². The second-order valence-electron chi connectivity index (χ2n) is 3.75. The van der Waals surface area contributed by atoms with Crippen molar-refractivity contribution in [3.8, 4) is 11.3 Å². The van der Waals surface area contributed by atoms with Crippen LogP contribution in [0.5, 0.6) is 0 Å². The van der Waals surface area contributed by atoms with Gasteiger partial charge in [-0.1, -0.05) is 28.1 Å². The number of aromatic nitrogens is 2. The number of benzene rings is 1. The molecular formula is C13H8BrFN2. The molecule has 0 atom stereocenters. The van der Waals surface area contributed by atoms with Crippen LogP contribution in [0.15, 0.2) is 53.3 Å². The van der Waals surface area contributed by atoms with Crippen molar-refractivity contribution >= 4 is 21.6 Å². The summed E-state index contributed by atoms with van der Waals surface area (Å²) in [5, 5.41) is 0. The van der Waals surface area contributed by atoms with Crippen molar-refractivity contribution in [3.63, 3.8) is 0 Å². The second-order valence-corrected chi connectivity index (χ2v) is 4.66. The fourth-order valence-corrected chi connectivity index (χ4v) is 2.15. The van der Waals surface area contributed by atoms with Gasteiger partial charge in [-0.3, -0.25) is 0 Å². The predicted octanol–water partition coefficient (Wildman–Crippen LogP) is 3.90. The second kappa shape index (κ2) is 3.96. The van der Waals surface area contributed by atoms with Gasteiger partial charge in [0, 0.05) is 22.4 Å². The molecule has 0 radical (unpaired) electrons. The number of hydrogen-bond donors (Lipinski definition) is 0. The van der Waals surface area contributed by atoms with Gasteiger partial charge in [-0.05, 0) is 24.3 Å². The maximum Gasteiger partial charge on any atom is 0.139 e. The van der Waals surface area contributed by atoms with Crippen LogP contribution >= 0.6 is 15.9 Å². The lowest BCUT2D eigenvalue weighted by atomic mass is 10.2. The Bertz CT molecular complexity index is 691. The normalized spacial score (nSPS) is 10.9. The molecule has 0 saturated carbocycles. The Morgan fingerprint density at radius 3 is 2.82 bits per heavy atom. The van der Waals surface area contributed by atoms with E-state index in [1.165, 1.54) is 12.3 Å². The van der Waals surface area contributed by atoms with Gasteiger partial charge in [-0.25, -0.2) is 9.37 Å². The number of imidazole rings is 1. The first-order chi connectivity index (χ1) is 8.22. The van der Waals surface area contributed by atoms with E-state index in [1.54, 1.807) is 10.5 Å². The van der Waals surface area contributed by atoms with Crippen molar-refractivity contribution in [2.45, 2.75) is 0 Å². The summed E-state index contributed by atoms with van der Waals surface area (Å²) in [6, 6.07) is 10.9. The lowest BCUT2D eigenvalue weighted by Gasteiger charge is -1.95. The van der Waals surface area contributed by atoms with Gasteiger partial charge in [-0.2, -0.15) is 0 Å². The molecule has 84 valence electrons. The molecule has 0 amide bonds. The number of fused-ring (bicyclic) bond motifs is 1. The van der Waals surface area contributed by atoms with Crippen molar-refractivity contribution in [2.24, 2.45) is 0 Å². The smallest absolute Gasteiger partial charge is 0.139 e. The topological polar surface area (TPSA) is 17.3 Å². The summed E-state index contributed by atoms with van der Waals surface area (Å²) in [7, 11) is 0. The summed E-state index contributed by atoms with van der Waals surface area (Å²) in [5.74, 6) is -0.268. The lowest BCUT2D eigenvalue weighted by Crippen LogP contribution is -1.83. The predicted molar refractivity (Wildman–Crippen MR) is 68.3 cm³/mol. The number of nitrogens with zero attached hydrogens (tertiary/aromatic N) is 2. The summed E-state index contributed by atoms with van der Waals surface area (Å²) in [6.07, 6.45) is 3.24. The van der Waals surface area contributed by atoms with Crippen LogP contribution in [0.2, 0.25) is 0 Å². The van der Waals surface area contributed by atoms with Gasteiger partial charge in [-0.15, -0.1) is 0 Å². The fourth-order valence-electron chi connectivity index (χ4n) is 1.75. The minimum atomic E-state index is -0.268. The van der Waals surface area contributed by atoms with Crippen LogP contribution in [0.1, 0.15) is 0 Å². The first kappa shape index (κ1) is 10.5. The third-order valence-corrected chi connectivity index (χ3v) is 3.03. The number of hydrogen-bond acceptors (Lipinski definition) is 1. The minimum absolute atomic E-state index is 0.268. The Kier molecular flexibility index (Phi) is 2.44. The van der Waals surface area contributed by atoms with Gasteiger partial charge < -0.3 is 4.40 Å². The summed E-state index contributed by atoms with van der Waals surface area (Å²) in [4.78, 5) is 4.44. The van der Waals surface area contributed by atoms with Gasteiger partial charge in [0.25, 0.3) is 0 Å². The maximum absolute atomic E-state index is 13.1. The van der Waals surface area contributed by atoms with Crippen molar-refractivity contribution in [1.82, 2.24) is 9.38 Å². The molecule has 2 aromatic heterocycles. The molecule has 0 saturated heterocycles. The highest BCUT2D eigenvalue weighted by Gasteiger charge is 2.05. The molecule has 0 N–H and O–H groups in total. The largest absolute Gasteiger partial charge is 0.304 e. The molecule has 1 aromatic carbocycles. The Balaban J connectivity index is 2.18. The van der Waals surface area contributed by atoms with E-state index in [0.717, 1.165) is 21.4 Å². The quantitative estimate of drug-likeness (QED) is 0.664. The molecule has 0 spiro atoms. The van der Waals surface area contributed by atoms with Gasteiger partial charge >= 0.3 is 0 Å². The van der Waals surface area contributed by atoms with Crippen LogP contribution in [-0.4, -0.2) is 9.38 Å². The highest BCUT2D eigenvalue weighted by molar-refractivity contribution is 9.10. The Morgan fingerprint density at radius 1 is 1.12 bits per heavy atom. The van der Waals surface area contributed by atoms with Crippen molar-refractivity contribution in [2.75, 3.05) is 0 Å². The fraction of sp³-hybridized carbons (Fsp3) is 0. The lowest BCUT2D eigenvalue weighted by molar-refractivity contribution is 0.619. The SMILES string of the molecule is Fc1ccc2nc(-c3cccc(Br)c3)cn2c1. The zero-order chi connectivity index (χ0) is 11.8. The van der Waals surface area contributed by atoms with E-state index in [1.807, 2.05) is 30.5 Å². The third-order valence-electron chi connectivity index (χ3n) is 2.54. The van der Waals surface area contributed by atoms with Gasteiger partial charge in [0.1, 0.15) is 11.5 Å². The number of rotatable bonds is 1. The molecule has 0 unspecified atom stereocenters. The summed E-state index contributed by atoms with van der Waals surface area (Å²) < 4.78 is 15.7. The Morgan fingerprint density at radius 2 is 2.00 bits per heavy atom. The number of halogens is 2. The zero-order valence-electron chi connectivity index (χ0n) is 8.77. The van der Waals surface area contributed by atoms with Crippen LogP contribution in [0, 0.1) is 5.82 Å². The minimum Gasteiger partial charge on any atom is -0.304 e. The van der Waals surface area contributed by atoms with E-state index in [0.29, 0.717) is 0 Å². The standard InChI is InChI=1S/C13H8BrFN2/c14-10-3-1-2-9(6-10)12-8-17-7-11(15)4-5-13(17)16-12/h1-8H. The molecule has 3 rings (SSSR count). The summed E-state index contributed by atoms with van der Waals surface area (Å²) in [5.41, 5.74) is 2.57. The summed E-state index contributed by atoms with van der Waals surface area (Å²) >= 11 is 3.42. The molecule has 2 heterocycles. The van der Waals surface area contributed by atoms with E-state index in [4.69, 9.17) is 0 Å². The first-order valence-electron chi connectivity index (χ1n) is 5.12. The first-order valence-corrected chi connectivity index (χ1v) is 5.92. The van der Waals surface area contributed by atoms with E-state index in [9.17, 15) is 4.39 Å². The average molecular weight is 291 g/mol. The molecular weight excluding hydrogens is 283 g/mol. The molecule has 0 aliphatic heterocycles. The molecule has 17 heavy (non-hydrogen) atoms. The number of pyridine rings is 1. The molecule has 0 aliphatic rings. The van der Waals surface area contributed by atoms with E-state index >= 15 is 0 Å². The van der Waals surface area contributed by atoms with Crippen molar-refractivity contribution < 1.29 is 4.39 Å². The van der Waals surface area contributed by atoms with Gasteiger partial charge in [0.05, 0.1) is 5.69 Å². The van der Waals surface area contributed by atoms with Crippen LogP contribution in [0.25, 0.3) is 16.9 Å². The zero-order valence-corrected chi connectivity index (χ0v) is 10.4. The van der Waals surface area contributed by atoms with Crippen LogP contribution in [0.4, 0.5) is 4.39 Å².